The van der Waals surface area contributed by atoms with E-state index in [4.69, 9.17) is 18.9 Å². The number of imide groups is 3. The molecule has 0 unspecified atom stereocenters. The van der Waals surface area contributed by atoms with Crippen LogP contribution >= 0.6 is 34.0 Å². The number of aromatic nitrogens is 3. The van der Waals surface area contributed by atoms with Crippen LogP contribution in [0.3, 0.4) is 0 Å². The summed E-state index contributed by atoms with van der Waals surface area (Å²) in [5.74, 6) is -1.05. The Morgan fingerprint density at radius 2 is 0.766 bits per heavy atom. The summed E-state index contributed by atoms with van der Waals surface area (Å²) >= 11 is 3.74. The maximum Gasteiger partial charge on any atom is 0.573 e. The van der Waals surface area contributed by atoms with E-state index in [1.807, 2.05) is 71.0 Å². The van der Waals surface area contributed by atoms with Crippen molar-refractivity contribution in [3.63, 3.8) is 0 Å². The first-order chi connectivity index (χ1) is 36.3. The normalized spacial score (nSPS) is 36.2. The Balaban J connectivity index is 0.000000111. The smallest absolute Gasteiger partial charge is 0.497 e. The van der Waals surface area contributed by atoms with Crippen molar-refractivity contribution in [2.75, 3.05) is 21.8 Å². The Hall–Kier alpha value is -5.98. The summed E-state index contributed by atoms with van der Waals surface area (Å²) in [5.41, 5.74) is -1.97. The van der Waals surface area contributed by atoms with Crippen LogP contribution < -0.4 is 24.2 Å². The van der Waals surface area contributed by atoms with E-state index in [2.05, 4.69) is 19.7 Å². The lowest BCUT2D eigenvalue weighted by Crippen LogP contribution is -2.48. The fraction of sp³-hybridized carbons (Fsp3) is 0.500. The van der Waals surface area contributed by atoms with Crippen LogP contribution in [0.5, 0.6) is 11.5 Å². The number of carbonyl (C=O) groups excluding carboxylic acids is 6. The molecule has 0 radical (unpaired) electrons. The van der Waals surface area contributed by atoms with Gasteiger partial charge < -0.3 is 23.7 Å². The number of halogens is 3. The number of hydrogen-bond donors (Lipinski definition) is 0. The Morgan fingerprint density at radius 1 is 0.481 bits per heavy atom. The lowest BCUT2D eigenvalue weighted by molar-refractivity contribution is -0.274. The molecule has 0 N–H and O–H groups in total. The molecule has 0 saturated carbocycles. The minimum absolute atomic E-state index is 0.155. The minimum atomic E-state index is -4.80. The van der Waals surface area contributed by atoms with Gasteiger partial charge in [-0.05, 0) is 135 Å². The summed E-state index contributed by atoms with van der Waals surface area (Å²) in [7, 11) is 1.61. The highest BCUT2D eigenvalue weighted by Crippen LogP contribution is 2.67. The SMILES string of the molecule is COc1ccc2nc(N3C(=O)[C@@]4(C)[C@@H]5CC[C@@H](O5)[C@@]4(C)C3=O)sc2c1.C[C@@]12C(=O)N(c3nc4ccc(OC(F)(F)F)cc4s3)C(=O)[C@]1(C)[C@H]1CC[C@@H]2O1.Cc1ccc2nc(N3C(=O)[C@@]4(C)[C@@H]5CC[C@@H](O5)[C@@]4(C)C3=O)sc2c1. The van der Waals surface area contributed by atoms with Crippen LogP contribution in [-0.2, 0) is 43.0 Å². The van der Waals surface area contributed by atoms with Gasteiger partial charge in [-0.3, -0.25) is 28.8 Å². The molecule has 9 fully saturated rings. The lowest BCUT2D eigenvalue weighted by Gasteiger charge is -2.36. The Bertz CT molecular complexity index is 3540. The van der Waals surface area contributed by atoms with Crippen LogP contribution in [0.15, 0.2) is 54.6 Å². The number of nitrogens with zero attached hydrogens (tertiary/aromatic N) is 6. The number of aryl methyl sites for hydroxylation is 1. The number of methoxy groups -OCH3 is 1. The Labute approximate surface area is 449 Å². The van der Waals surface area contributed by atoms with Crippen molar-refractivity contribution in [1.82, 2.24) is 15.0 Å². The second-order valence-corrected chi connectivity index (χ2v) is 25.6. The van der Waals surface area contributed by atoms with Crippen LogP contribution in [0.4, 0.5) is 28.6 Å². The van der Waals surface area contributed by atoms with Gasteiger partial charge in [-0.15, -0.1) is 13.2 Å². The molecule has 0 aliphatic carbocycles. The number of amides is 6. The zero-order valence-corrected chi connectivity index (χ0v) is 45.4. The summed E-state index contributed by atoms with van der Waals surface area (Å²) < 4.78 is 66.6. The number of alkyl halides is 3. The number of benzene rings is 3. The zero-order chi connectivity index (χ0) is 54.5. The van der Waals surface area contributed by atoms with Gasteiger partial charge in [0.15, 0.2) is 15.4 Å². The molecule has 0 spiro atoms. The predicted molar refractivity (Wildman–Crippen MR) is 277 cm³/mol. The van der Waals surface area contributed by atoms with Gasteiger partial charge in [-0.25, -0.2) is 29.7 Å². The summed E-state index contributed by atoms with van der Waals surface area (Å²) in [6, 6.07) is 15.2. The molecule has 23 heteroatoms. The molecule has 12 heterocycles. The van der Waals surface area contributed by atoms with Crippen LogP contribution in [0, 0.1) is 39.4 Å². The summed E-state index contributed by atoms with van der Waals surface area (Å²) in [6.07, 6.45) is -1.30. The third-order valence-electron chi connectivity index (χ3n) is 19.3. The molecular formula is C54H51F3N6O11S3. The van der Waals surface area contributed by atoms with Gasteiger partial charge >= 0.3 is 6.36 Å². The maximum atomic E-state index is 13.3. The molecular weight excluding hydrogens is 1060 g/mol. The van der Waals surface area contributed by atoms with Crippen molar-refractivity contribution in [3.8, 4) is 11.5 Å². The summed E-state index contributed by atoms with van der Waals surface area (Å²) in [4.78, 5) is 96.7. The first-order valence-electron chi connectivity index (χ1n) is 25.5. The monoisotopic (exact) mass is 1110 g/mol. The molecule has 17 nitrogen and oxygen atoms in total. The average molecular weight is 1110 g/mol. The summed E-state index contributed by atoms with van der Waals surface area (Å²) in [5, 5.41) is 1.08. The predicted octanol–water partition coefficient (Wildman–Crippen LogP) is 9.45. The molecule has 9 saturated heterocycles. The molecule has 6 aromatic rings. The van der Waals surface area contributed by atoms with E-state index in [1.54, 1.807) is 21.0 Å². The van der Waals surface area contributed by atoms with Crippen molar-refractivity contribution in [2.24, 2.45) is 32.5 Å². The first kappa shape index (κ1) is 50.5. The van der Waals surface area contributed by atoms with Crippen LogP contribution in [-0.4, -0.2) is 100 Å². The number of fused-ring (bicyclic) bond motifs is 18. The number of thiazole rings is 3. The average Bonchev–Trinajstić information content (AvgIpc) is 4.42. The number of carbonyl (C=O) groups is 6. The van der Waals surface area contributed by atoms with Crippen LogP contribution in [0.1, 0.15) is 85.6 Å². The van der Waals surface area contributed by atoms with Crippen LogP contribution in [0.25, 0.3) is 30.6 Å². The molecule has 9 aliphatic heterocycles. The van der Waals surface area contributed by atoms with Gasteiger partial charge in [0, 0.05) is 6.07 Å². The minimum Gasteiger partial charge on any atom is -0.497 e. The van der Waals surface area contributed by atoms with E-state index < -0.39 is 38.9 Å². The quantitative estimate of drug-likeness (QED) is 0.148. The molecule has 12 atom stereocenters. The molecule has 77 heavy (non-hydrogen) atoms. The van der Waals surface area contributed by atoms with E-state index in [-0.39, 0.29) is 82.9 Å². The third kappa shape index (κ3) is 6.34. The molecule has 9 aliphatic rings. The van der Waals surface area contributed by atoms with E-state index in [0.29, 0.717) is 20.5 Å². The highest BCUT2D eigenvalue weighted by molar-refractivity contribution is 7.23. The number of rotatable bonds is 5. The Kier molecular flexibility index (Phi) is 10.7. The van der Waals surface area contributed by atoms with Gasteiger partial charge in [0.05, 0.1) is 107 Å². The van der Waals surface area contributed by atoms with E-state index >= 15 is 0 Å². The van der Waals surface area contributed by atoms with E-state index in [9.17, 15) is 41.9 Å². The van der Waals surface area contributed by atoms with Gasteiger partial charge in [-0.1, -0.05) is 40.1 Å². The fourth-order valence-electron chi connectivity index (χ4n) is 14.2. The molecule has 6 bridgehead atoms. The third-order valence-corrected chi connectivity index (χ3v) is 22.3. The molecule has 402 valence electrons. The first-order valence-corrected chi connectivity index (χ1v) is 27.9. The Morgan fingerprint density at radius 3 is 1.08 bits per heavy atom. The van der Waals surface area contributed by atoms with Gasteiger partial charge in [0.25, 0.3) is 0 Å². The van der Waals surface area contributed by atoms with E-state index in [0.717, 1.165) is 92.6 Å². The second-order valence-electron chi connectivity index (χ2n) is 22.6. The standard InChI is InChI=1S/C18H15F3N2O4S.C18H18N2O4S.C18H18N2O3S/c1-16-11-5-6-12(26-11)17(16,2)14(25)23(13(16)24)15-22-9-4-3-8(7-10(9)28-15)27-18(19,20)21;1-17-12-6-7-13(24-12)18(17,2)15(22)20(14(17)21)16-19-10-5-4-9(23-3)8-11(10)25-16;1-9-4-5-10-11(8-9)24-16(19-10)20-14(21)17(2)12-6-7-13(23-12)18(17,3)15(20)22/h3-4,7,11-12H,5-6H2,1-2H3;4-5,8,12-13H,6-7H2,1-3H3;4-5,8,12-13H,6-7H2,1-3H3/t11-,12+,16+,17-;2*12-,13+,17+,18-. The molecule has 3 aromatic heterocycles. The summed E-state index contributed by atoms with van der Waals surface area (Å²) in [6.45, 7) is 13.1. The number of anilines is 3. The highest BCUT2D eigenvalue weighted by Gasteiger charge is 2.80. The molecule has 6 amide bonds. The van der Waals surface area contributed by atoms with Crippen molar-refractivity contribution in [3.05, 3.63) is 60.2 Å². The molecule has 15 rings (SSSR count). The fourth-order valence-corrected chi connectivity index (χ4v) is 17.3. The van der Waals surface area contributed by atoms with Crippen molar-refractivity contribution < 1.29 is 65.6 Å². The van der Waals surface area contributed by atoms with Crippen molar-refractivity contribution in [2.45, 2.75) is 130 Å². The van der Waals surface area contributed by atoms with E-state index in [1.165, 1.54) is 44.6 Å². The topological polar surface area (TPSA) is 197 Å². The van der Waals surface area contributed by atoms with Crippen LogP contribution in [0.2, 0.25) is 0 Å². The van der Waals surface area contributed by atoms with Gasteiger partial charge in [0.1, 0.15) is 11.5 Å². The van der Waals surface area contributed by atoms with Gasteiger partial charge in [-0.2, -0.15) is 0 Å². The highest BCUT2D eigenvalue weighted by atomic mass is 32.1. The molecule has 3 aromatic carbocycles. The largest absolute Gasteiger partial charge is 0.573 e. The number of ether oxygens (including phenoxy) is 5. The van der Waals surface area contributed by atoms with Crippen molar-refractivity contribution >= 4 is 115 Å². The second kappa shape index (κ2) is 16.3. The lowest BCUT2D eigenvalue weighted by atomic mass is 9.59. The maximum absolute atomic E-state index is 13.3. The number of hydrogen-bond acceptors (Lipinski definition) is 17. The van der Waals surface area contributed by atoms with Gasteiger partial charge in [0.2, 0.25) is 35.4 Å². The van der Waals surface area contributed by atoms with Crippen molar-refractivity contribution in [1.29, 1.82) is 0 Å². The zero-order valence-electron chi connectivity index (χ0n) is 42.9.